The largest absolute Gasteiger partial charge is 0.353 e. The van der Waals surface area contributed by atoms with Gasteiger partial charge in [0.2, 0.25) is 11.8 Å². The van der Waals surface area contributed by atoms with E-state index in [2.05, 4.69) is 21.0 Å². The molecule has 10 heteroatoms. The number of nitrogens with one attached hydrogen (secondary N) is 3. The second-order valence-electron chi connectivity index (χ2n) is 8.17. The monoisotopic (exact) mass is 493 g/mol. The van der Waals surface area contributed by atoms with Crippen molar-refractivity contribution in [3.05, 3.63) is 81.6 Å². The lowest BCUT2D eigenvalue weighted by atomic mass is 10.1. The van der Waals surface area contributed by atoms with Crippen LogP contribution >= 0.6 is 11.6 Å². The highest BCUT2D eigenvalue weighted by Crippen LogP contribution is 2.30. The van der Waals surface area contributed by atoms with E-state index in [9.17, 15) is 19.2 Å². The van der Waals surface area contributed by atoms with Crippen molar-refractivity contribution in [2.75, 3.05) is 18.4 Å². The van der Waals surface area contributed by atoms with E-state index in [1.807, 2.05) is 0 Å². The molecule has 3 aromatic rings. The van der Waals surface area contributed by atoms with Crippen LogP contribution in [-0.4, -0.2) is 40.6 Å². The van der Waals surface area contributed by atoms with Crippen LogP contribution in [0.2, 0.25) is 5.02 Å². The van der Waals surface area contributed by atoms with E-state index in [1.54, 1.807) is 54.6 Å². The van der Waals surface area contributed by atoms with E-state index < -0.39 is 11.5 Å². The van der Waals surface area contributed by atoms with Gasteiger partial charge in [-0.05, 0) is 55.3 Å². The van der Waals surface area contributed by atoms with Crippen LogP contribution < -0.4 is 21.5 Å². The molecule has 0 bridgehead atoms. The van der Waals surface area contributed by atoms with E-state index in [4.69, 9.17) is 11.6 Å². The first-order chi connectivity index (χ1) is 16.9. The molecular formula is C25H24ClN5O4. The lowest BCUT2D eigenvalue weighted by Crippen LogP contribution is -2.38. The van der Waals surface area contributed by atoms with Crippen molar-refractivity contribution in [1.82, 2.24) is 20.4 Å². The third-order valence-electron chi connectivity index (χ3n) is 5.40. The summed E-state index contributed by atoms with van der Waals surface area (Å²) < 4.78 is 1.08. The molecule has 1 heterocycles. The van der Waals surface area contributed by atoms with Crippen molar-refractivity contribution >= 4 is 35.0 Å². The SMILES string of the molecule is O=C(Cn1nc(-c2ccc(Cl)cc2)ccc1=O)NCCNC(=O)c1ccc(NC(=O)C2CC2)cc1. The van der Waals surface area contributed by atoms with E-state index in [0.717, 1.165) is 23.1 Å². The molecular weight excluding hydrogens is 470 g/mol. The predicted octanol–water partition coefficient (Wildman–Crippen LogP) is 2.46. The van der Waals surface area contributed by atoms with E-state index in [1.165, 1.54) is 6.07 Å². The standard InChI is InChI=1S/C25H24ClN5O4/c26-19-7-3-16(4-8-19)21-11-12-23(33)31(30-21)15-22(32)27-13-14-28-24(34)17-5-9-20(10-6-17)29-25(35)18-1-2-18/h3-12,18H,1-2,13-15H2,(H,27,32)(H,28,34)(H,29,35). The minimum absolute atomic E-state index is 0.00659. The summed E-state index contributed by atoms with van der Waals surface area (Å²) >= 11 is 5.90. The minimum atomic E-state index is -0.405. The average molecular weight is 494 g/mol. The Morgan fingerprint density at radius 3 is 2.29 bits per heavy atom. The lowest BCUT2D eigenvalue weighted by Gasteiger charge is -2.10. The molecule has 1 saturated carbocycles. The quantitative estimate of drug-likeness (QED) is 0.395. The number of anilines is 1. The summed E-state index contributed by atoms with van der Waals surface area (Å²) in [6.07, 6.45) is 1.85. The predicted molar refractivity (Wildman–Crippen MR) is 132 cm³/mol. The zero-order valence-electron chi connectivity index (χ0n) is 18.8. The summed E-state index contributed by atoms with van der Waals surface area (Å²) in [5.41, 5.74) is 2.00. The van der Waals surface area contributed by atoms with Crippen LogP contribution in [0.4, 0.5) is 5.69 Å². The van der Waals surface area contributed by atoms with Crippen molar-refractivity contribution in [2.45, 2.75) is 19.4 Å². The Bertz CT molecular complexity index is 1280. The summed E-state index contributed by atoms with van der Waals surface area (Å²) in [4.78, 5) is 48.5. The number of rotatable bonds is 9. The zero-order chi connectivity index (χ0) is 24.8. The fourth-order valence-corrected chi connectivity index (χ4v) is 3.43. The fraction of sp³-hybridized carbons (Fsp3) is 0.240. The number of amides is 3. The molecule has 0 aliphatic heterocycles. The molecule has 1 aliphatic carbocycles. The lowest BCUT2D eigenvalue weighted by molar-refractivity contribution is -0.122. The molecule has 1 aromatic heterocycles. The third-order valence-corrected chi connectivity index (χ3v) is 5.65. The number of aromatic nitrogens is 2. The maximum Gasteiger partial charge on any atom is 0.267 e. The van der Waals surface area contributed by atoms with E-state index in [0.29, 0.717) is 22.0 Å². The number of nitrogens with zero attached hydrogens (tertiary/aromatic N) is 2. The number of carbonyl (C=O) groups is 3. The molecule has 180 valence electrons. The number of hydrogen-bond acceptors (Lipinski definition) is 5. The molecule has 9 nitrogen and oxygen atoms in total. The van der Waals surface area contributed by atoms with Gasteiger partial charge in [-0.25, -0.2) is 4.68 Å². The van der Waals surface area contributed by atoms with Crippen molar-refractivity contribution in [1.29, 1.82) is 0 Å². The number of halogens is 1. The fourth-order valence-electron chi connectivity index (χ4n) is 3.30. The Morgan fingerprint density at radius 1 is 0.914 bits per heavy atom. The zero-order valence-corrected chi connectivity index (χ0v) is 19.5. The summed E-state index contributed by atoms with van der Waals surface area (Å²) in [5.74, 6) is -0.590. The van der Waals surface area contributed by atoms with Crippen molar-refractivity contribution in [3.8, 4) is 11.3 Å². The minimum Gasteiger partial charge on any atom is -0.353 e. The number of benzene rings is 2. The Morgan fingerprint density at radius 2 is 1.60 bits per heavy atom. The van der Waals surface area contributed by atoms with Crippen molar-refractivity contribution in [3.63, 3.8) is 0 Å². The van der Waals surface area contributed by atoms with Gasteiger partial charge in [0.1, 0.15) is 6.54 Å². The molecule has 4 rings (SSSR count). The maximum absolute atomic E-state index is 12.3. The Kier molecular flexibility index (Phi) is 7.57. The molecule has 1 aliphatic rings. The number of hydrogen-bond donors (Lipinski definition) is 3. The van der Waals surface area contributed by atoms with Crippen LogP contribution in [0.1, 0.15) is 23.2 Å². The first-order valence-corrected chi connectivity index (χ1v) is 11.6. The first-order valence-electron chi connectivity index (χ1n) is 11.2. The smallest absolute Gasteiger partial charge is 0.267 e. The Labute approximate surface area is 206 Å². The topological polar surface area (TPSA) is 122 Å². The molecule has 35 heavy (non-hydrogen) atoms. The molecule has 0 spiro atoms. The van der Waals surface area contributed by atoms with Gasteiger partial charge in [0.25, 0.3) is 11.5 Å². The second kappa shape index (κ2) is 11.0. The molecule has 0 atom stereocenters. The molecule has 0 saturated heterocycles. The van der Waals surface area contributed by atoms with Gasteiger partial charge in [0.05, 0.1) is 5.69 Å². The van der Waals surface area contributed by atoms with Gasteiger partial charge in [0, 0.05) is 46.9 Å². The second-order valence-corrected chi connectivity index (χ2v) is 8.60. The Balaban J connectivity index is 1.22. The van der Waals surface area contributed by atoms with E-state index >= 15 is 0 Å². The van der Waals surface area contributed by atoms with Crippen LogP contribution in [0, 0.1) is 5.92 Å². The highest BCUT2D eigenvalue weighted by molar-refractivity contribution is 6.30. The average Bonchev–Trinajstić information content (AvgIpc) is 3.70. The van der Waals surface area contributed by atoms with Gasteiger partial charge in [0.15, 0.2) is 0 Å². The van der Waals surface area contributed by atoms with Crippen LogP contribution in [0.3, 0.4) is 0 Å². The normalized spacial score (nSPS) is 12.6. The molecule has 0 unspecified atom stereocenters. The van der Waals surface area contributed by atoms with Crippen LogP contribution in [0.15, 0.2) is 65.5 Å². The van der Waals surface area contributed by atoms with Gasteiger partial charge in [-0.2, -0.15) is 5.10 Å². The molecule has 0 radical (unpaired) electrons. The highest BCUT2D eigenvalue weighted by Gasteiger charge is 2.29. The molecule has 1 fully saturated rings. The van der Waals surface area contributed by atoms with Crippen LogP contribution in [0.5, 0.6) is 0 Å². The molecule has 2 aromatic carbocycles. The van der Waals surface area contributed by atoms with Crippen LogP contribution in [0.25, 0.3) is 11.3 Å². The van der Waals surface area contributed by atoms with Gasteiger partial charge >= 0.3 is 0 Å². The van der Waals surface area contributed by atoms with Gasteiger partial charge in [-0.3, -0.25) is 19.2 Å². The third kappa shape index (κ3) is 6.77. The summed E-state index contributed by atoms with van der Waals surface area (Å²) in [6, 6.07) is 16.5. The summed E-state index contributed by atoms with van der Waals surface area (Å²) in [7, 11) is 0. The number of carbonyl (C=O) groups excluding carboxylic acids is 3. The Hall–Kier alpha value is -3.98. The van der Waals surface area contributed by atoms with E-state index in [-0.39, 0.29) is 37.4 Å². The van der Waals surface area contributed by atoms with Gasteiger partial charge < -0.3 is 16.0 Å². The molecule has 3 N–H and O–H groups in total. The first kappa shape index (κ1) is 24.2. The highest BCUT2D eigenvalue weighted by atomic mass is 35.5. The summed E-state index contributed by atoms with van der Waals surface area (Å²) in [5, 5.41) is 13.0. The molecule has 3 amide bonds. The van der Waals surface area contributed by atoms with Crippen molar-refractivity contribution in [2.24, 2.45) is 5.92 Å². The van der Waals surface area contributed by atoms with Crippen LogP contribution in [-0.2, 0) is 16.1 Å². The van der Waals surface area contributed by atoms with Gasteiger partial charge in [-0.1, -0.05) is 23.7 Å². The summed E-state index contributed by atoms with van der Waals surface area (Å²) in [6.45, 7) is 0.145. The van der Waals surface area contributed by atoms with Crippen molar-refractivity contribution < 1.29 is 14.4 Å². The van der Waals surface area contributed by atoms with Gasteiger partial charge in [-0.15, -0.1) is 0 Å². The maximum atomic E-state index is 12.3.